The third-order valence-corrected chi connectivity index (χ3v) is 10.0. The number of ketones is 2. The van der Waals surface area contributed by atoms with Crippen LogP contribution in [-0.2, 0) is 16.0 Å². The summed E-state index contributed by atoms with van der Waals surface area (Å²) in [5, 5.41) is 13.9. The molecule has 0 spiro atoms. The van der Waals surface area contributed by atoms with Gasteiger partial charge in [0, 0.05) is 23.9 Å². The van der Waals surface area contributed by atoms with Crippen molar-refractivity contribution in [3.8, 4) is 11.5 Å². The predicted octanol–water partition coefficient (Wildman–Crippen LogP) is 3.67. The van der Waals surface area contributed by atoms with Gasteiger partial charge >= 0.3 is 0 Å². The highest BCUT2D eigenvalue weighted by molar-refractivity contribution is 8.76. The molecule has 2 aliphatic heterocycles. The number of nitrogens with one attached hydrogen (secondary N) is 2. The highest BCUT2D eigenvalue weighted by atomic mass is 33.1. The predicted molar refractivity (Wildman–Crippen MR) is 159 cm³/mol. The van der Waals surface area contributed by atoms with Crippen LogP contribution in [0.1, 0.15) is 60.1 Å². The van der Waals surface area contributed by atoms with Crippen LogP contribution < -0.4 is 20.7 Å². The van der Waals surface area contributed by atoms with E-state index in [1.165, 1.54) is 18.1 Å². The molecule has 3 atom stereocenters. The number of allylic oxidation sites excluding steroid dienone is 1. The number of aromatic hydroxyl groups is 1. The Labute approximate surface area is 237 Å². The monoisotopic (exact) mass is 569 g/mol. The van der Waals surface area contributed by atoms with Crippen molar-refractivity contribution < 1.29 is 24.3 Å². The lowest BCUT2D eigenvalue weighted by Gasteiger charge is -2.22. The first-order chi connectivity index (χ1) is 18.9. The molecule has 3 heterocycles. The number of phenols is 1. The number of hydrogen-bond donors (Lipinski definition) is 4. The van der Waals surface area contributed by atoms with Gasteiger partial charge in [0.15, 0.2) is 24.0 Å². The number of ether oxygens (including phenoxy) is 1. The number of nitrogen functional groups attached to an aromatic ring is 1. The number of rotatable bonds is 4. The van der Waals surface area contributed by atoms with Crippen molar-refractivity contribution in [3.05, 3.63) is 65.1 Å². The van der Waals surface area contributed by atoms with Crippen molar-refractivity contribution >= 4 is 45.0 Å². The summed E-state index contributed by atoms with van der Waals surface area (Å²) in [6.45, 7) is 3.83. The van der Waals surface area contributed by atoms with Crippen LogP contribution in [0.2, 0.25) is 0 Å². The average Bonchev–Trinajstić information content (AvgIpc) is 3.43. The quantitative estimate of drug-likeness (QED) is 0.323. The van der Waals surface area contributed by atoms with E-state index in [4.69, 9.17) is 10.5 Å². The SMILES string of the molecule is CC[C@H]1CCC(=O)CC(=O)/C=C/c2cc(OC)c(O)cc2Cc2cnc(N)c(c2)[C@H](C[NH+]2C=CNC2)SSC1. The summed E-state index contributed by atoms with van der Waals surface area (Å²) in [5.74, 6) is 1.90. The second-order valence-electron chi connectivity index (χ2n) is 9.99. The Hall–Kier alpha value is -2.95. The Morgan fingerprint density at radius 2 is 2.08 bits per heavy atom. The molecule has 4 rings (SSSR count). The van der Waals surface area contributed by atoms with Crippen molar-refractivity contribution in [2.45, 2.75) is 44.3 Å². The molecule has 1 unspecified atom stereocenters. The molecule has 0 radical (unpaired) electrons. The third-order valence-electron chi connectivity index (χ3n) is 7.12. The van der Waals surface area contributed by atoms with Gasteiger partial charge in [-0.2, -0.15) is 0 Å². The first-order valence-corrected chi connectivity index (χ1v) is 15.6. The van der Waals surface area contributed by atoms with E-state index in [1.54, 1.807) is 24.4 Å². The van der Waals surface area contributed by atoms with Crippen LogP contribution in [0, 0.1) is 5.92 Å². The summed E-state index contributed by atoms with van der Waals surface area (Å²) in [4.78, 5) is 31.0. The standard InChI is InChI=1S/C29H36N4O4S2/c1-3-19-4-6-23(34)14-24(35)7-5-21-13-27(37-2)26(36)12-22(21)10-20-11-25(29(30)32-15-20)28(39-38-17-19)16-33-9-8-31-18-33/h5,7-9,11-13,15,19,28,31,36H,3-4,6,10,14,16-18H2,1-2H3,(H2,30,32)/p+1/b7-5+/t19-,28-/m0/s1. The number of aromatic nitrogens is 1. The van der Waals surface area contributed by atoms with E-state index in [2.05, 4.69) is 29.5 Å². The first-order valence-electron chi connectivity index (χ1n) is 13.3. The van der Waals surface area contributed by atoms with E-state index in [0.717, 1.165) is 54.1 Å². The minimum Gasteiger partial charge on any atom is -0.504 e. The van der Waals surface area contributed by atoms with Gasteiger partial charge in [-0.3, -0.25) is 14.5 Å². The van der Waals surface area contributed by atoms with Crippen molar-refractivity contribution in [2.24, 2.45) is 5.92 Å². The number of benzene rings is 1. The summed E-state index contributed by atoms with van der Waals surface area (Å²) >= 11 is 0. The van der Waals surface area contributed by atoms with Gasteiger partial charge in [-0.1, -0.05) is 41.0 Å². The molecule has 1 aromatic heterocycles. The molecule has 5 N–H and O–H groups in total. The van der Waals surface area contributed by atoms with Crippen molar-refractivity contribution in [1.82, 2.24) is 10.3 Å². The van der Waals surface area contributed by atoms with E-state index < -0.39 is 0 Å². The lowest BCUT2D eigenvalue weighted by atomic mass is 9.97. The van der Waals surface area contributed by atoms with Gasteiger partial charge in [0.25, 0.3) is 0 Å². The van der Waals surface area contributed by atoms with E-state index >= 15 is 0 Å². The summed E-state index contributed by atoms with van der Waals surface area (Å²) in [6.07, 6.45) is 11.5. The molecule has 0 saturated carbocycles. The molecule has 2 aromatic rings. The third kappa shape index (κ3) is 8.03. The van der Waals surface area contributed by atoms with Crippen LogP contribution in [0.4, 0.5) is 5.82 Å². The van der Waals surface area contributed by atoms with E-state index in [0.29, 0.717) is 30.3 Å². The maximum atomic E-state index is 12.6. The number of fused-ring (bicyclic) bond motifs is 3. The second kappa shape index (κ2) is 13.9. The van der Waals surface area contributed by atoms with Crippen molar-refractivity contribution in [1.29, 1.82) is 0 Å². The van der Waals surface area contributed by atoms with E-state index in [9.17, 15) is 14.7 Å². The van der Waals surface area contributed by atoms with Gasteiger partial charge in [0.1, 0.15) is 17.8 Å². The lowest BCUT2D eigenvalue weighted by molar-refractivity contribution is -0.842. The molecule has 2 aliphatic rings. The minimum absolute atomic E-state index is 0.0177. The van der Waals surface area contributed by atoms with Crippen LogP contribution in [0.15, 0.2) is 42.9 Å². The van der Waals surface area contributed by atoms with Crippen LogP contribution in [0.5, 0.6) is 11.5 Å². The second-order valence-corrected chi connectivity index (χ2v) is 12.6. The van der Waals surface area contributed by atoms with Gasteiger partial charge in [-0.15, -0.1) is 0 Å². The molecule has 8 nitrogen and oxygen atoms in total. The lowest BCUT2D eigenvalue weighted by Crippen LogP contribution is -3.07. The molecule has 0 amide bonds. The number of anilines is 1. The number of nitrogens with zero attached hydrogens (tertiary/aromatic N) is 1. The summed E-state index contributed by atoms with van der Waals surface area (Å²) < 4.78 is 5.31. The fraction of sp³-hybridized carbons (Fsp3) is 0.414. The van der Waals surface area contributed by atoms with Crippen LogP contribution in [0.25, 0.3) is 6.08 Å². The topological polar surface area (TPSA) is 119 Å². The number of carbonyl (C=O) groups excluding carboxylic acids is 2. The van der Waals surface area contributed by atoms with Gasteiger partial charge in [-0.05, 0) is 59.7 Å². The smallest absolute Gasteiger partial charge is 0.163 e. The van der Waals surface area contributed by atoms with E-state index in [1.807, 2.05) is 27.8 Å². The number of hydrogen-bond acceptors (Lipinski definition) is 9. The average molecular weight is 570 g/mol. The normalized spacial score (nSPS) is 23.4. The molecule has 0 fully saturated rings. The summed E-state index contributed by atoms with van der Waals surface area (Å²) in [5.41, 5.74) is 9.93. The number of quaternary nitrogens is 1. The summed E-state index contributed by atoms with van der Waals surface area (Å²) in [6, 6.07) is 5.48. The minimum atomic E-state index is -0.232. The number of pyridine rings is 1. The highest BCUT2D eigenvalue weighted by Crippen LogP contribution is 2.41. The molecule has 39 heavy (non-hydrogen) atoms. The Morgan fingerprint density at radius 1 is 1.23 bits per heavy atom. The molecule has 0 aliphatic carbocycles. The molecule has 2 bridgehead atoms. The number of Topliss-reactive ketones (excluding diaryl/α,β-unsaturated/α-hetero) is 1. The Bertz CT molecular complexity index is 1250. The van der Waals surface area contributed by atoms with Crippen LogP contribution >= 0.6 is 21.6 Å². The Kier molecular flexibility index (Phi) is 10.4. The number of nitrogens with two attached hydrogens (primary N) is 1. The van der Waals surface area contributed by atoms with Crippen LogP contribution in [-0.4, -0.2) is 47.7 Å². The molecule has 10 heteroatoms. The van der Waals surface area contributed by atoms with E-state index in [-0.39, 0.29) is 29.0 Å². The number of methoxy groups -OCH3 is 1. The van der Waals surface area contributed by atoms with Gasteiger partial charge in [0.2, 0.25) is 0 Å². The zero-order valence-electron chi connectivity index (χ0n) is 22.4. The highest BCUT2D eigenvalue weighted by Gasteiger charge is 2.25. The molecular weight excluding hydrogens is 532 g/mol. The molecule has 1 aromatic carbocycles. The largest absolute Gasteiger partial charge is 0.504 e. The van der Waals surface area contributed by atoms with Gasteiger partial charge < -0.3 is 20.9 Å². The van der Waals surface area contributed by atoms with Crippen LogP contribution in [0.3, 0.4) is 0 Å². The van der Waals surface area contributed by atoms with Crippen molar-refractivity contribution in [3.63, 3.8) is 0 Å². The maximum Gasteiger partial charge on any atom is 0.163 e. The van der Waals surface area contributed by atoms with Gasteiger partial charge in [-0.25, -0.2) is 4.98 Å². The zero-order valence-corrected chi connectivity index (χ0v) is 24.1. The fourth-order valence-corrected chi connectivity index (χ4v) is 7.96. The summed E-state index contributed by atoms with van der Waals surface area (Å²) in [7, 11) is 5.11. The Morgan fingerprint density at radius 3 is 2.82 bits per heavy atom. The first kappa shape index (κ1) is 29.0. The molecule has 208 valence electrons. The molecular formula is C29H37N4O4S2+. The van der Waals surface area contributed by atoms with Crippen molar-refractivity contribution in [2.75, 3.05) is 31.8 Å². The molecule has 0 saturated heterocycles. The maximum absolute atomic E-state index is 12.6. The Balaban J connectivity index is 1.72. The number of carbonyl (C=O) groups is 2. The number of phenolic OH excluding ortho intramolecular Hbond substituents is 1. The van der Waals surface area contributed by atoms with Gasteiger partial charge in [0.05, 0.1) is 31.5 Å². The fourth-order valence-electron chi connectivity index (χ4n) is 4.72. The zero-order chi connectivity index (χ0) is 27.8.